The zero-order valence-electron chi connectivity index (χ0n) is 7.95. The fraction of sp³-hybridized carbons (Fsp3) is 0.375. The lowest BCUT2D eigenvalue weighted by molar-refractivity contribution is -0.275. The minimum Gasteiger partial charge on any atom is -0.400 e. The maximum Gasteiger partial charge on any atom is 0.573 e. The van der Waals surface area contributed by atoms with Gasteiger partial charge < -0.3 is 9.72 Å². The molecule has 0 unspecified atom stereocenters. The maximum atomic E-state index is 12.3. The zero-order chi connectivity index (χ0) is 13.2. The summed E-state index contributed by atoms with van der Waals surface area (Å²) < 4.78 is 63.9. The summed E-state index contributed by atoms with van der Waals surface area (Å²) in [5.74, 6) is -1.04. The molecule has 0 aliphatic rings. The summed E-state index contributed by atoms with van der Waals surface area (Å²) in [6, 6.07) is 0.373. The van der Waals surface area contributed by atoms with Crippen molar-refractivity contribution in [2.75, 3.05) is 0 Å². The standard InChI is InChI=1S/C8H5BrF5NO2/c9-2-4-6(17-8(12,13)14)5(16)1-3(15-4)7(10)11/h1,7H,2H2,(H,15,16). The largest absolute Gasteiger partial charge is 0.573 e. The van der Waals surface area contributed by atoms with Crippen LogP contribution in [0.25, 0.3) is 0 Å². The smallest absolute Gasteiger partial charge is 0.400 e. The van der Waals surface area contributed by atoms with Crippen LogP contribution < -0.4 is 10.2 Å². The van der Waals surface area contributed by atoms with Crippen molar-refractivity contribution in [1.29, 1.82) is 0 Å². The van der Waals surface area contributed by atoms with Gasteiger partial charge in [0.2, 0.25) is 5.43 Å². The molecule has 9 heteroatoms. The van der Waals surface area contributed by atoms with E-state index in [2.05, 4.69) is 20.7 Å². The van der Waals surface area contributed by atoms with Gasteiger partial charge in [0.25, 0.3) is 6.43 Å². The van der Waals surface area contributed by atoms with Gasteiger partial charge in [0.05, 0.1) is 11.4 Å². The van der Waals surface area contributed by atoms with E-state index in [4.69, 9.17) is 0 Å². The first-order valence-electron chi connectivity index (χ1n) is 4.10. The van der Waals surface area contributed by atoms with Crippen LogP contribution in [0.15, 0.2) is 10.9 Å². The van der Waals surface area contributed by atoms with Gasteiger partial charge in [-0.3, -0.25) is 4.79 Å². The predicted octanol–water partition coefficient (Wildman–Crippen LogP) is 3.11. The third-order valence-electron chi connectivity index (χ3n) is 1.67. The van der Waals surface area contributed by atoms with E-state index in [0.29, 0.717) is 6.07 Å². The fourth-order valence-electron chi connectivity index (χ4n) is 1.06. The number of H-pyrrole nitrogens is 1. The average molecular weight is 322 g/mol. The second kappa shape index (κ2) is 5.03. The van der Waals surface area contributed by atoms with E-state index < -0.39 is 35.4 Å². The molecule has 0 radical (unpaired) electrons. The zero-order valence-corrected chi connectivity index (χ0v) is 9.53. The van der Waals surface area contributed by atoms with Crippen molar-refractivity contribution in [2.24, 2.45) is 0 Å². The molecule has 0 aromatic carbocycles. The Kier molecular flexibility index (Phi) is 4.12. The molecule has 0 aliphatic carbocycles. The average Bonchev–Trinajstić information content (AvgIpc) is 2.18. The lowest BCUT2D eigenvalue weighted by atomic mass is 10.3. The Morgan fingerprint density at radius 3 is 2.41 bits per heavy atom. The molecule has 96 valence electrons. The SMILES string of the molecule is O=c1cc(C(F)F)[nH]c(CBr)c1OC(F)(F)F. The van der Waals surface area contributed by atoms with Gasteiger partial charge in [0.15, 0.2) is 5.75 Å². The third-order valence-corrected chi connectivity index (χ3v) is 2.23. The summed E-state index contributed by atoms with van der Waals surface area (Å²) in [4.78, 5) is 13.2. The Labute approximate surface area is 99.7 Å². The predicted molar refractivity (Wildman–Crippen MR) is 51.3 cm³/mol. The highest BCUT2D eigenvalue weighted by Crippen LogP contribution is 2.25. The van der Waals surface area contributed by atoms with Crippen molar-refractivity contribution in [2.45, 2.75) is 18.1 Å². The van der Waals surface area contributed by atoms with Gasteiger partial charge in [0, 0.05) is 11.4 Å². The fourth-order valence-corrected chi connectivity index (χ4v) is 1.46. The minimum atomic E-state index is -5.06. The minimum absolute atomic E-state index is 0.256. The summed E-state index contributed by atoms with van der Waals surface area (Å²) in [5, 5.41) is -0.256. The molecule has 1 aromatic heterocycles. The molecule has 0 spiro atoms. The molecule has 17 heavy (non-hydrogen) atoms. The number of aromatic nitrogens is 1. The quantitative estimate of drug-likeness (QED) is 0.686. The van der Waals surface area contributed by atoms with Crippen LogP contribution in [0.3, 0.4) is 0 Å². The van der Waals surface area contributed by atoms with Gasteiger partial charge in [-0.2, -0.15) is 0 Å². The van der Waals surface area contributed by atoms with Crippen LogP contribution in [-0.4, -0.2) is 11.3 Å². The van der Waals surface area contributed by atoms with Gasteiger partial charge in [-0.25, -0.2) is 8.78 Å². The van der Waals surface area contributed by atoms with Crippen molar-refractivity contribution in [3.05, 3.63) is 27.7 Å². The Balaban J connectivity index is 3.27. The van der Waals surface area contributed by atoms with Crippen molar-refractivity contribution in [3.8, 4) is 5.75 Å². The highest BCUT2D eigenvalue weighted by Gasteiger charge is 2.33. The van der Waals surface area contributed by atoms with Crippen molar-refractivity contribution in [1.82, 2.24) is 4.98 Å². The van der Waals surface area contributed by atoms with Crippen LogP contribution in [0.5, 0.6) is 5.75 Å². The summed E-state index contributed by atoms with van der Waals surface area (Å²) >= 11 is 2.77. The first-order chi connectivity index (χ1) is 7.74. The number of nitrogens with one attached hydrogen (secondary N) is 1. The van der Waals surface area contributed by atoms with E-state index in [-0.39, 0.29) is 5.33 Å². The summed E-state index contributed by atoms with van der Waals surface area (Å²) in [6.45, 7) is 0. The number of halogens is 6. The van der Waals surface area contributed by atoms with Gasteiger partial charge in [-0.05, 0) is 0 Å². The van der Waals surface area contributed by atoms with Gasteiger partial charge in [-0.1, -0.05) is 15.9 Å². The number of hydrogen-bond acceptors (Lipinski definition) is 2. The van der Waals surface area contributed by atoms with Crippen LogP contribution in [0.2, 0.25) is 0 Å². The highest BCUT2D eigenvalue weighted by molar-refractivity contribution is 9.08. The highest BCUT2D eigenvalue weighted by atomic mass is 79.9. The molecule has 0 amide bonds. The summed E-state index contributed by atoms with van der Waals surface area (Å²) in [5.41, 5.74) is -2.42. The van der Waals surface area contributed by atoms with E-state index in [1.54, 1.807) is 0 Å². The van der Waals surface area contributed by atoms with Gasteiger partial charge in [0.1, 0.15) is 0 Å². The van der Waals surface area contributed by atoms with Crippen molar-refractivity contribution >= 4 is 15.9 Å². The van der Waals surface area contributed by atoms with E-state index in [1.807, 2.05) is 4.98 Å². The first-order valence-corrected chi connectivity index (χ1v) is 5.22. The molecule has 1 aromatic rings. The van der Waals surface area contributed by atoms with Gasteiger partial charge in [-0.15, -0.1) is 13.2 Å². The van der Waals surface area contributed by atoms with E-state index in [9.17, 15) is 26.7 Å². The molecule has 0 aliphatic heterocycles. The molecule has 1 rings (SSSR count). The van der Waals surface area contributed by atoms with Crippen molar-refractivity contribution < 1.29 is 26.7 Å². The molecule has 0 saturated carbocycles. The van der Waals surface area contributed by atoms with Crippen molar-refractivity contribution in [3.63, 3.8) is 0 Å². The first kappa shape index (κ1) is 13.9. The van der Waals surface area contributed by atoms with E-state index in [0.717, 1.165) is 0 Å². The molecule has 0 bridgehead atoms. The number of alkyl halides is 6. The lowest BCUT2D eigenvalue weighted by Gasteiger charge is -2.12. The normalized spacial score (nSPS) is 11.9. The molecule has 1 N–H and O–H groups in total. The molecular weight excluding hydrogens is 317 g/mol. The second-order valence-electron chi connectivity index (χ2n) is 2.88. The van der Waals surface area contributed by atoms with Gasteiger partial charge >= 0.3 is 6.36 Å². The van der Waals surface area contributed by atoms with Crippen LogP contribution in [0, 0.1) is 0 Å². The molecular formula is C8H5BrF5NO2. The Morgan fingerprint density at radius 1 is 1.41 bits per heavy atom. The Hall–Kier alpha value is -1.12. The van der Waals surface area contributed by atoms with Crippen LogP contribution in [0.4, 0.5) is 22.0 Å². The number of hydrogen-bond donors (Lipinski definition) is 1. The molecule has 0 fully saturated rings. The molecule has 3 nitrogen and oxygen atoms in total. The lowest BCUT2D eigenvalue weighted by Crippen LogP contribution is -2.23. The number of ether oxygens (including phenoxy) is 1. The second-order valence-corrected chi connectivity index (χ2v) is 3.44. The van der Waals surface area contributed by atoms with Crippen LogP contribution in [-0.2, 0) is 5.33 Å². The number of pyridine rings is 1. The topological polar surface area (TPSA) is 42.1 Å². The van der Waals surface area contributed by atoms with Crippen LogP contribution >= 0.6 is 15.9 Å². The molecule has 0 atom stereocenters. The van der Waals surface area contributed by atoms with E-state index >= 15 is 0 Å². The Morgan fingerprint density at radius 2 is 2.00 bits per heavy atom. The third kappa shape index (κ3) is 3.69. The molecule has 0 saturated heterocycles. The number of aromatic amines is 1. The number of rotatable bonds is 3. The Bertz CT molecular complexity index is 456. The molecule has 1 heterocycles. The summed E-state index contributed by atoms with van der Waals surface area (Å²) in [6.07, 6.45) is -8.04. The summed E-state index contributed by atoms with van der Waals surface area (Å²) in [7, 11) is 0. The monoisotopic (exact) mass is 321 g/mol. The maximum absolute atomic E-state index is 12.3. The van der Waals surface area contributed by atoms with E-state index in [1.165, 1.54) is 0 Å². The van der Waals surface area contributed by atoms with Crippen LogP contribution in [0.1, 0.15) is 17.8 Å².